The molecule has 0 unspecified atom stereocenters. The van der Waals surface area contributed by atoms with Crippen LogP contribution in [0.3, 0.4) is 0 Å². The fraction of sp³-hybridized carbons (Fsp3) is 0.541. The molecule has 1 heterocycles. The molecule has 3 aromatic rings. The highest BCUT2D eigenvalue weighted by Crippen LogP contribution is 2.25. The van der Waals surface area contributed by atoms with Crippen LogP contribution in [0, 0.1) is 5.82 Å². The van der Waals surface area contributed by atoms with Crippen molar-refractivity contribution in [3.8, 4) is 17.1 Å². The van der Waals surface area contributed by atoms with Crippen molar-refractivity contribution in [1.82, 2.24) is 9.97 Å². The molecule has 0 aliphatic heterocycles. The molecule has 4 nitrogen and oxygen atoms in total. The van der Waals surface area contributed by atoms with E-state index in [1.54, 1.807) is 36.7 Å². The van der Waals surface area contributed by atoms with Crippen LogP contribution < -0.4 is 4.74 Å². The Labute approximate surface area is 253 Å². The second kappa shape index (κ2) is 19.9. The van der Waals surface area contributed by atoms with Gasteiger partial charge < -0.3 is 4.74 Å². The Morgan fingerprint density at radius 2 is 1.14 bits per heavy atom. The lowest BCUT2D eigenvalue weighted by Crippen LogP contribution is -2.09. The van der Waals surface area contributed by atoms with Gasteiger partial charge in [-0.2, -0.15) is 0 Å². The Kier molecular flexibility index (Phi) is 15.9. The SMILES string of the molecule is CCCCCCCCCCc1ccc(C(=O)Oc2ccc(-c3ncc(CCCCCCCCCC)cn3)c(F)c2)cc1. The summed E-state index contributed by atoms with van der Waals surface area (Å²) < 4.78 is 20.4. The summed E-state index contributed by atoms with van der Waals surface area (Å²) in [6.07, 6.45) is 26.1. The summed E-state index contributed by atoms with van der Waals surface area (Å²) in [4.78, 5) is 21.4. The average Bonchev–Trinajstić information content (AvgIpc) is 3.00. The number of rotatable bonds is 21. The number of nitrogens with zero attached hydrogens (tertiary/aromatic N) is 2. The minimum absolute atomic E-state index is 0.163. The minimum Gasteiger partial charge on any atom is -0.423 e. The van der Waals surface area contributed by atoms with Crippen molar-refractivity contribution in [2.45, 2.75) is 129 Å². The van der Waals surface area contributed by atoms with Crippen molar-refractivity contribution >= 4 is 5.97 Å². The van der Waals surface area contributed by atoms with E-state index in [0.717, 1.165) is 31.2 Å². The quantitative estimate of drug-likeness (QED) is 0.0721. The predicted octanol–water partition coefficient (Wildman–Crippen LogP) is 10.9. The van der Waals surface area contributed by atoms with E-state index in [1.807, 2.05) is 12.1 Å². The van der Waals surface area contributed by atoms with Gasteiger partial charge in [-0.1, -0.05) is 116 Å². The van der Waals surface area contributed by atoms with Crippen molar-refractivity contribution in [3.05, 3.63) is 77.4 Å². The summed E-state index contributed by atoms with van der Waals surface area (Å²) in [6, 6.07) is 11.9. The van der Waals surface area contributed by atoms with Gasteiger partial charge in [0.1, 0.15) is 11.6 Å². The van der Waals surface area contributed by atoms with Crippen LogP contribution >= 0.6 is 0 Å². The van der Waals surface area contributed by atoms with Crippen molar-refractivity contribution < 1.29 is 13.9 Å². The molecule has 0 N–H and O–H groups in total. The second-order valence-corrected chi connectivity index (χ2v) is 11.6. The maximum Gasteiger partial charge on any atom is 0.343 e. The zero-order chi connectivity index (χ0) is 29.8. The number of ether oxygens (including phenoxy) is 1. The van der Waals surface area contributed by atoms with Crippen LogP contribution in [0.5, 0.6) is 5.75 Å². The van der Waals surface area contributed by atoms with Crippen LogP contribution in [0.1, 0.15) is 138 Å². The van der Waals surface area contributed by atoms with Gasteiger partial charge in [-0.05, 0) is 61.1 Å². The molecule has 0 fully saturated rings. The normalized spacial score (nSPS) is 11.1. The summed E-state index contributed by atoms with van der Waals surface area (Å²) in [7, 11) is 0. The third-order valence-electron chi connectivity index (χ3n) is 7.92. The van der Waals surface area contributed by atoms with E-state index in [4.69, 9.17) is 4.74 Å². The maximum atomic E-state index is 14.9. The number of carbonyl (C=O) groups excluding carboxylic acids is 1. The minimum atomic E-state index is -0.517. The third kappa shape index (κ3) is 12.4. The molecule has 0 aliphatic carbocycles. The molecule has 228 valence electrons. The zero-order valence-electron chi connectivity index (χ0n) is 26.0. The maximum absolute atomic E-state index is 14.9. The number of hydrogen-bond acceptors (Lipinski definition) is 4. The molecule has 0 amide bonds. The highest BCUT2D eigenvalue weighted by atomic mass is 19.1. The molecule has 2 aromatic carbocycles. The van der Waals surface area contributed by atoms with Gasteiger partial charge in [-0.25, -0.2) is 19.2 Å². The smallest absolute Gasteiger partial charge is 0.343 e. The molecule has 3 rings (SSSR count). The standard InChI is InChI=1S/C37H51FN2O2/c1-3-5-7-9-11-13-15-17-19-30-21-23-32(24-22-30)37(41)42-33-25-26-34(35(38)27-33)36-39-28-31(29-40-36)20-18-16-14-12-10-8-6-4-2/h21-29H,3-20H2,1-2H3. The number of unbranched alkanes of at least 4 members (excludes halogenated alkanes) is 14. The van der Waals surface area contributed by atoms with Gasteiger partial charge in [0.15, 0.2) is 5.82 Å². The van der Waals surface area contributed by atoms with Crippen LogP contribution in [0.15, 0.2) is 54.9 Å². The molecule has 0 saturated carbocycles. The summed E-state index contributed by atoms with van der Waals surface area (Å²) in [5.74, 6) is -0.521. The van der Waals surface area contributed by atoms with Crippen LogP contribution in [-0.4, -0.2) is 15.9 Å². The Hall–Kier alpha value is -3.08. The largest absolute Gasteiger partial charge is 0.423 e. The van der Waals surface area contributed by atoms with E-state index < -0.39 is 11.8 Å². The molecule has 0 bridgehead atoms. The van der Waals surface area contributed by atoms with Crippen molar-refractivity contribution in [1.29, 1.82) is 0 Å². The fourth-order valence-electron chi connectivity index (χ4n) is 5.26. The fourth-order valence-corrected chi connectivity index (χ4v) is 5.26. The number of halogens is 1. The first-order valence-electron chi connectivity index (χ1n) is 16.5. The highest BCUT2D eigenvalue weighted by Gasteiger charge is 2.13. The number of aromatic nitrogens is 2. The first-order chi connectivity index (χ1) is 20.6. The lowest BCUT2D eigenvalue weighted by Gasteiger charge is -2.08. The molecule has 42 heavy (non-hydrogen) atoms. The molecular weight excluding hydrogens is 523 g/mol. The first kappa shape index (κ1) is 33.4. The van der Waals surface area contributed by atoms with Gasteiger partial charge >= 0.3 is 5.97 Å². The van der Waals surface area contributed by atoms with E-state index >= 15 is 0 Å². The van der Waals surface area contributed by atoms with E-state index in [-0.39, 0.29) is 5.75 Å². The Bertz CT molecular complexity index is 1160. The number of benzene rings is 2. The number of hydrogen-bond donors (Lipinski definition) is 0. The Morgan fingerprint density at radius 1 is 0.643 bits per heavy atom. The van der Waals surface area contributed by atoms with Gasteiger partial charge in [0.25, 0.3) is 0 Å². The highest BCUT2D eigenvalue weighted by molar-refractivity contribution is 5.91. The van der Waals surface area contributed by atoms with E-state index in [9.17, 15) is 9.18 Å². The van der Waals surface area contributed by atoms with Crippen molar-refractivity contribution in [3.63, 3.8) is 0 Å². The molecule has 0 saturated heterocycles. The van der Waals surface area contributed by atoms with Crippen LogP contribution in [0.4, 0.5) is 4.39 Å². The van der Waals surface area contributed by atoms with Gasteiger partial charge in [0.2, 0.25) is 0 Å². The van der Waals surface area contributed by atoms with Gasteiger partial charge in [-0.15, -0.1) is 0 Å². The summed E-state index contributed by atoms with van der Waals surface area (Å²) >= 11 is 0. The predicted molar refractivity (Wildman–Crippen MR) is 171 cm³/mol. The molecular formula is C37H51FN2O2. The second-order valence-electron chi connectivity index (χ2n) is 11.6. The summed E-state index contributed by atoms with van der Waals surface area (Å²) in [6.45, 7) is 4.49. The molecule has 0 spiro atoms. The van der Waals surface area contributed by atoms with Gasteiger partial charge in [0.05, 0.1) is 11.1 Å². The van der Waals surface area contributed by atoms with Crippen LogP contribution in [0.25, 0.3) is 11.4 Å². The Balaban J connectivity index is 1.40. The zero-order valence-corrected chi connectivity index (χ0v) is 26.0. The lowest BCUT2D eigenvalue weighted by molar-refractivity contribution is 0.0734. The number of esters is 1. The van der Waals surface area contributed by atoms with E-state index in [0.29, 0.717) is 17.0 Å². The summed E-state index contributed by atoms with van der Waals surface area (Å²) in [5, 5.41) is 0. The molecule has 0 atom stereocenters. The third-order valence-corrected chi connectivity index (χ3v) is 7.92. The Morgan fingerprint density at radius 3 is 1.67 bits per heavy atom. The first-order valence-corrected chi connectivity index (χ1v) is 16.5. The van der Waals surface area contributed by atoms with Crippen molar-refractivity contribution in [2.75, 3.05) is 0 Å². The van der Waals surface area contributed by atoms with Crippen molar-refractivity contribution in [2.24, 2.45) is 0 Å². The topological polar surface area (TPSA) is 52.1 Å². The van der Waals surface area contributed by atoms with Gasteiger partial charge in [0, 0.05) is 18.5 Å². The summed E-state index contributed by atoms with van der Waals surface area (Å²) in [5.41, 5.74) is 3.03. The van der Waals surface area contributed by atoms with Crippen LogP contribution in [-0.2, 0) is 12.8 Å². The number of aryl methyl sites for hydroxylation is 2. The molecule has 1 aromatic heterocycles. The lowest BCUT2D eigenvalue weighted by atomic mass is 10.0. The monoisotopic (exact) mass is 574 g/mol. The van der Waals surface area contributed by atoms with E-state index in [1.165, 1.54) is 102 Å². The van der Waals surface area contributed by atoms with Gasteiger partial charge in [-0.3, -0.25) is 0 Å². The average molecular weight is 575 g/mol. The van der Waals surface area contributed by atoms with Crippen LogP contribution in [0.2, 0.25) is 0 Å². The molecule has 5 heteroatoms. The molecule has 0 aliphatic rings. The number of carbonyl (C=O) groups is 1. The molecule has 0 radical (unpaired) electrons. The van der Waals surface area contributed by atoms with E-state index in [2.05, 4.69) is 23.8 Å².